The van der Waals surface area contributed by atoms with E-state index in [1.165, 1.54) is 25.1 Å². The number of halogens is 3. The molecule has 0 radical (unpaired) electrons. The molecule has 0 bridgehead atoms. The van der Waals surface area contributed by atoms with Gasteiger partial charge < -0.3 is 10.1 Å². The molecule has 1 aromatic rings. The van der Waals surface area contributed by atoms with Crippen LogP contribution in [0.25, 0.3) is 0 Å². The molecule has 1 atom stereocenters. The molecular weight excluding hydrogens is 309 g/mol. The van der Waals surface area contributed by atoms with E-state index < -0.39 is 12.8 Å². The molecule has 126 valence electrons. The molecule has 1 N–H and O–H groups in total. The summed E-state index contributed by atoms with van der Waals surface area (Å²) in [5.41, 5.74) is 0.912. The predicted octanol–water partition coefficient (Wildman–Crippen LogP) is 3.22. The molecule has 23 heavy (non-hydrogen) atoms. The molecule has 3 rings (SSSR count). The molecule has 2 fully saturated rings. The zero-order valence-electron chi connectivity index (χ0n) is 12.7. The first-order valence-electron chi connectivity index (χ1n) is 7.80. The third-order valence-corrected chi connectivity index (χ3v) is 4.76. The van der Waals surface area contributed by atoms with E-state index in [0.717, 1.165) is 19.3 Å². The number of ether oxygens (including phenoxy) is 1. The smallest absolute Gasteiger partial charge is 0.422 e. The van der Waals surface area contributed by atoms with Gasteiger partial charge in [-0.2, -0.15) is 13.2 Å². The van der Waals surface area contributed by atoms with Gasteiger partial charge in [-0.3, -0.25) is 4.79 Å². The van der Waals surface area contributed by atoms with E-state index in [1.54, 1.807) is 6.07 Å². The van der Waals surface area contributed by atoms with Crippen molar-refractivity contribution in [2.75, 3.05) is 6.61 Å². The van der Waals surface area contributed by atoms with Crippen molar-refractivity contribution >= 4 is 5.91 Å². The second kappa shape index (κ2) is 6.02. The van der Waals surface area contributed by atoms with Gasteiger partial charge in [-0.05, 0) is 36.3 Å². The maximum atomic E-state index is 12.2. The second-order valence-electron chi connectivity index (χ2n) is 6.45. The largest absolute Gasteiger partial charge is 0.468 e. The summed E-state index contributed by atoms with van der Waals surface area (Å²) < 4.78 is 41.0. The van der Waals surface area contributed by atoms with Crippen molar-refractivity contribution in [2.24, 2.45) is 11.3 Å². The highest BCUT2D eigenvalue weighted by molar-refractivity contribution is 5.82. The van der Waals surface area contributed by atoms with Crippen molar-refractivity contribution in [3.63, 3.8) is 0 Å². The minimum absolute atomic E-state index is 0.0430. The number of carbonyl (C=O) groups is 1. The molecular formula is C16H19F3N2O2. The molecule has 2 aliphatic rings. The van der Waals surface area contributed by atoms with E-state index in [-0.39, 0.29) is 29.7 Å². The molecule has 1 aromatic heterocycles. The Hall–Kier alpha value is -1.79. The number of rotatable bonds is 5. The summed E-state index contributed by atoms with van der Waals surface area (Å²) in [6, 6.07) is 3.07. The lowest BCUT2D eigenvalue weighted by molar-refractivity contribution is -0.154. The Morgan fingerprint density at radius 1 is 1.39 bits per heavy atom. The van der Waals surface area contributed by atoms with E-state index in [9.17, 15) is 18.0 Å². The fraction of sp³-hybridized carbons (Fsp3) is 0.625. The minimum atomic E-state index is -4.40. The predicted molar refractivity (Wildman–Crippen MR) is 76.6 cm³/mol. The molecule has 4 nitrogen and oxygen atoms in total. The van der Waals surface area contributed by atoms with Crippen LogP contribution in [0.15, 0.2) is 18.3 Å². The van der Waals surface area contributed by atoms with E-state index in [2.05, 4.69) is 15.0 Å². The van der Waals surface area contributed by atoms with Gasteiger partial charge in [0.15, 0.2) is 6.61 Å². The number of hydrogen-bond donors (Lipinski definition) is 1. The van der Waals surface area contributed by atoms with Gasteiger partial charge >= 0.3 is 6.18 Å². The standard InChI is InChI=1S/C16H19F3N2O2/c17-16(18,19)10-23-13-7-11(3-6-20-13)9-21-14(22)12-8-15(12)4-1-2-5-15/h3,6-7,12H,1-2,4-5,8-10H2,(H,21,22). The lowest BCUT2D eigenvalue weighted by atomic mass is 10.0. The zero-order valence-corrected chi connectivity index (χ0v) is 12.7. The summed E-state index contributed by atoms with van der Waals surface area (Å²) in [5, 5.41) is 2.87. The van der Waals surface area contributed by atoms with Crippen LogP contribution in [0.4, 0.5) is 13.2 Å². The molecule has 2 saturated carbocycles. The fourth-order valence-corrected chi connectivity index (χ4v) is 3.46. The van der Waals surface area contributed by atoms with Gasteiger partial charge in [0.1, 0.15) is 0 Å². The number of pyridine rings is 1. The Bertz CT molecular complexity index is 583. The summed E-state index contributed by atoms with van der Waals surface area (Å²) >= 11 is 0. The van der Waals surface area contributed by atoms with Crippen LogP contribution in [0.2, 0.25) is 0 Å². The number of aromatic nitrogens is 1. The first-order chi connectivity index (χ1) is 10.9. The Balaban J connectivity index is 1.49. The average Bonchev–Trinajstić information content (AvgIpc) is 3.00. The zero-order chi connectivity index (χ0) is 16.5. The van der Waals surface area contributed by atoms with Gasteiger partial charge in [-0.15, -0.1) is 0 Å². The fourth-order valence-electron chi connectivity index (χ4n) is 3.46. The van der Waals surface area contributed by atoms with Crippen molar-refractivity contribution in [1.29, 1.82) is 0 Å². The molecule has 7 heteroatoms. The Labute approximate surface area is 132 Å². The summed E-state index contributed by atoms with van der Waals surface area (Å²) in [7, 11) is 0. The topological polar surface area (TPSA) is 51.2 Å². The molecule has 1 amide bonds. The highest BCUT2D eigenvalue weighted by atomic mass is 19.4. The van der Waals surface area contributed by atoms with Gasteiger partial charge in [-0.25, -0.2) is 4.98 Å². The van der Waals surface area contributed by atoms with E-state index in [1.807, 2.05) is 0 Å². The number of carbonyl (C=O) groups excluding carboxylic acids is 1. The van der Waals surface area contributed by atoms with E-state index >= 15 is 0 Å². The second-order valence-corrected chi connectivity index (χ2v) is 6.45. The normalized spacial score (nSPS) is 22.1. The Morgan fingerprint density at radius 2 is 2.13 bits per heavy atom. The third kappa shape index (κ3) is 3.95. The average molecular weight is 328 g/mol. The van der Waals surface area contributed by atoms with Gasteiger partial charge in [0.25, 0.3) is 0 Å². The highest BCUT2D eigenvalue weighted by Gasteiger charge is 2.58. The number of nitrogens with zero attached hydrogens (tertiary/aromatic N) is 1. The van der Waals surface area contributed by atoms with Gasteiger partial charge in [-0.1, -0.05) is 12.8 Å². The van der Waals surface area contributed by atoms with Crippen molar-refractivity contribution in [2.45, 2.75) is 44.8 Å². The molecule has 0 aromatic carbocycles. The maximum absolute atomic E-state index is 12.2. The number of alkyl halides is 3. The van der Waals surface area contributed by atoms with Crippen LogP contribution < -0.4 is 10.1 Å². The first-order valence-corrected chi connectivity index (χ1v) is 7.80. The molecule has 0 saturated heterocycles. The van der Waals surface area contributed by atoms with Crippen LogP contribution in [0.3, 0.4) is 0 Å². The number of amides is 1. The molecule has 1 spiro atoms. The highest BCUT2D eigenvalue weighted by Crippen LogP contribution is 2.62. The lowest BCUT2D eigenvalue weighted by Crippen LogP contribution is -2.26. The maximum Gasteiger partial charge on any atom is 0.422 e. The van der Waals surface area contributed by atoms with Crippen molar-refractivity contribution in [1.82, 2.24) is 10.3 Å². The van der Waals surface area contributed by atoms with Gasteiger partial charge in [0.2, 0.25) is 11.8 Å². The van der Waals surface area contributed by atoms with Crippen LogP contribution in [-0.2, 0) is 11.3 Å². The van der Waals surface area contributed by atoms with Gasteiger partial charge in [0.05, 0.1) is 0 Å². The van der Waals surface area contributed by atoms with Crippen molar-refractivity contribution in [3.8, 4) is 5.88 Å². The molecule has 0 aliphatic heterocycles. The van der Waals surface area contributed by atoms with E-state index in [4.69, 9.17) is 0 Å². The Morgan fingerprint density at radius 3 is 2.83 bits per heavy atom. The Kier molecular flexibility index (Phi) is 4.21. The van der Waals surface area contributed by atoms with Crippen molar-refractivity contribution in [3.05, 3.63) is 23.9 Å². The summed E-state index contributed by atoms with van der Waals surface area (Å²) in [6.45, 7) is -1.10. The van der Waals surface area contributed by atoms with Crippen LogP contribution in [-0.4, -0.2) is 23.7 Å². The summed E-state index contributed by atoms with van der Waals surface area (Å²) in [5.74, 6) is 0.0574. The monoisotopic (exact) mass is 328 g/mol. The quantitative estimate of drug-likeness (QED) is 0.903. The number of hydrogen-bond acceptors (Lipinski definition) is 3. The van der Waals surface area contributed by atoms with Crippen molar-refractivity contribution < 1.29 is 22.7 Å². The summed E-state index contributed by atoms with van der Waals surface area (Å²) in [6.07, 6.45) is 2.62. The molecule has 1 heterocycles. The lowest BCUT2D eigenvalue weighted by Gasteiger charge is -2.11. The SMILES string of the molecule is O=C(NCc1ccnc(OCC(F)(F)F)c1)C1CC12CCCC2. The number of nitrogens with one attached hydrogen (secondary N) is 1. The molecule has 1 unspecified atom stereocenters. The van der Waals surface area contributed by atoms with E-state index in [0.29, 0.717) is 5.56 Å². The van der Waals surface area contributed by atoms with Crippen LogP contribution >= 0.6 is 0 Å². The minimum Gasteiger partial charge on any atom is -0.468 e. The third-order valence-electron chi connectivity index (χ3n) is 4.76. The molecule has 2 aliphatic carbocycles. The van der Waals surface area contributed by atoms with Crippen LogP contribution in [0.1, 0.15) is 37.7 Å². The summed E-state index contributed by atoms with van der Waals surface area (Å²) in [4.78, 5) is 15.9. The first kappa shape index (κ1) is 16.1. The van der Waals surface area contributed by atoms with Crippen LogP contribution in [0, 0.1) is 11.3 Å². The van der Waals surface area contributed by atoms with Crippen LogP contribution in [0.5, 0.6) is 5.88 Å². The van der Waals surface area contributed by atoms with Gasteiger partial charge in [0, 0.05) is 24.7 Å².